The topological polar surface area (TPSA) is 59.9 Å². The molecule has 0 aliphatic rings. The summed E-state index contributed by atoms with van der Waals surface area (Å²) < 4.78 is 23.8. The Bertz CT molecular complexity index is 811. The van der Waals surface area contributed by atoms with Crippen LogP contribution in [-0.2, 0) is 11.2 Å². The summed E-state index contributed by atoms with van der Waals surface area (Å²) in [4.78, 5) is 11.8. The number of carbonyl (C=O) groups is 1. The van der Waals surface area contributed by atoms with E-state index in [9.17, 15) is 9.18 Å². The van der Waals surface area contributed by atoms with Crippen LogP contribution in [0.25, 0.3) is 0 Å². The lowest BCUT2D eigenvalue weighted by Gasteiger charge is -2.10. The van der Waals surface area contributed by atoms with Crippen molar-refractivity contribution in [1.82, 2.24) is 5.43 Å². The Balaban J connectivity index is 1.96. The summed E-state index contributed by atoms with van der Waals surface area (Å²) in [6, 6.07) is 11.0. The molecule has 0 aliphatic heterocycles. The summed E-state index contributed by atoms with van der Waals surface area (Å²) in [5.41, 5.74) is 3.86. The quantitative estimate of drug-likeness (QED) is 0.450. The van der Waals surface area contributed by atoms with Crippen LogP contribution in [0.5, 0.6) is 11.5 Å². The van der Waals surface area contributed by atoms with Crippen LogP contribution in [-0.4, -0.2) is 25.3 Å². The Morgan fingerprint density at radius 3 is 2.69 bits per heavy atom. The zero-order chi connectivity index (χ0) is 18.8. The van der Waals surface area contributed by atoms with Gasteiger partial charge in [-0.15, -0.1) is 6.42 Å². The molecule has 5 nitrogen and oxygen atoms in total. The summed E-state index contributed by atoms with van der Waals surface area (Å²) in [5.74, 6) is 2.85. The molecule has 0 aromatic heterocycles. The molecule has 134 valence electrons. The van der Waals surface area contributed by atoms with Gasteiger partial charge in [-0.3, -0.25) is 4.79 Å². The molecule has 0 spiro atoms. The normalized spacial score (nSPS) is 10.3. The third-order valence-corrected chi connectivity index (χ3v) is 3.26. The molecule has 0 radical (unpaired) electrons. The predicted molar refractivity (Wildman–Crippen MR) is 97.8 cm³/mol. The van der Waals surface area contributed by atoms with Gasteiger partial charge < -0.3 is 9.47 Å². The van der Waals surface area contributed by atoms with Crippen molar-refractivity contribution in [3.05, 3.63) is 59.4 Å². The Kier molecular flexibility index (Phi) is 7.19. The first-order valence-corrected chi connectivity index (χ1v) is 8.02. The van der Waals surface area contributed by atoms with Crippen molar-refractivity contribution in [3.8, 4) is 23.8 Å². The fourth-order valence-corrected chi connectivity index (χ4v) is 2.12. The van der Waals surface area contributed by atoms with E-state index in [1.54, 1.807) is 30.3 Å². The number of hydrazone groups is 1. The number of hydrogen-bond donors (Lipinski definition) is 1. The number of carbonyl (C=O) groups excluding carboxylic acids is 1. The number of halogens is 1. The summed E-state index contributed by atoms with van der Waals surface area (Å²) in [5, 5.41) is 3.92. The SMILES string of the molecule is C#CCOc1ccc(/C=N/NC(=O)Cc2ccc(F)cc2)cc1OCC. The maximum absolute atomic E-state index is 12.8. The van der Waals surface area contributed by atoms with Crippen molar-refractivity contribution in [2.45, 2.75) is 13.3 Å². The third-order valence-electron chi connectivity index (χ3n) is 3.26. The molecule has 0 fully saturated rings. The van der Waals surface area contributed by atoms with Crippen LogP contribution >= 0.6 is 0 Å². The van der Waals surface area contributed by atoms with Crippen LogP contribution in [0.1, 0.15) is 18.1 Å². The lowest BCUT2D eigenvalue weighted by Crippen LogP contribution is -2.19. The summed E-state index contributed by atoms with van der Waals surface area (Å²) in [7, 11) is 0. The van der Waals surface area contributed by atoms with E-state index in [1.807, 2.05) is 6.92 Å². The van der Waals surface area contributed by atoms with Gasteiger partial charge in [0.05, 0.1) is 19.2 Å². The molecule has 0 saturated carbocycles. The van der Waals surface area contributed by atoms with Gasteiger partial charge in [0.25, 0.3) is 0 Å². The molecule has 2 rings (SSSR count). The number of nitrogens with zero attached hydrogens (tertiary/aromatic N) is 1. The number of ether oxygens (including phenoxy) is 2. The van der Waals surface area contributed by atoms with E-state index >= 15 is 0 Å². The van der Waals surface area contributed by atoms with Gasteiger partial charge in [0.1, 0.15) is 12.4 Å². The second-order valence-electron chi connectivity index (χ2n) is 5.23. The highest BCUT2D eigenvalue weighted by Gasteiger charge is 2.06. The molecular formula is C20H19FN2O3. The summed E-state index contributed by atoms with van der Waals surface area (Å²) in [6.45, 7) is 2.48. The molecule has 2 aromatic carbocycles. The molecule has 0 aliphatic carbocycles. The number of nitrogens with one attached hydrogen (secondary N) is 1. The van der Waals surface area contributed by atoms with Gasteiger partial charge in [-0.25, -0.2) is 9.82 Å². The minimum atomic E-state index is -0.341. The van der Waals surface area contributed by atoms with Crippen molar-refractivity contribution in [1.29, 1.82) is 0 Å². The maximum atomic E-state index is 12.8. The standard InChI is InChI=1S/C20H19FN2O3/c1-3-11-26-18-10-7-16(12-19(18)25-4-2)14-22-23-20(24)13-15-5-8-17(21)9-6-15/h1,5-10,12,14H,4,11,13H2,2H3,(H,23,24)/b22-14+. The Labute approximate surface area is 151 Å². The van der Waals surface area contributed by atoms with Gasteiger partial charge in [0.2, 0.25) is 5.91 Å². The maximum Gasteiger partial charge on any atom is 0.244 e. The first-order chi connectivity index (χ1) is 12.6. The third kappa shape index (κ3) is 5.95. The van der Waals surface area contributed by atoms with Crippen LogP contribution < -0.4 is 14.9 Å². The van der Waals surface area contributed by atoms with E-state index in [0.29, 0.717) is 23.7 Å². The van der Waals surface area contributed by atoms with E-state index < -0.39 is 0 Å². The van der Waals surface area contributed by atoms with Crippen molar-refractivity contribution in [2.24, 2.45) is 5.10 Å². The number of amides is 1. The van der Waals surface area contributed by atoms with Crippen LogP contribution in [0.3, 0.4) is 0 Å². The lowest BCUT2D eigenvalue weighted by atomic mass is 10.1. The molecular weight excluding hydrogens is 335 g/mol. The molecule has 0 saturated heterocycles. The molecule has 0 bridgehead atoms. The highest BCUT2D eigenvalue weighted by molar-refractivity contribution is 5.84. The van der Waals surface area contributed by atoms with E-state index in [0.717, 1.165) is 5.56 Å². The first kappa shape index (κ1) is 19.0. The molecule has 0 unspecified atom stereocenters. The van der Waals surface area contributed by atoms with Crippen LogP contribution in [0, 0.1) is 18.2 Å². The molecule has 1 amide bonds. The van der Waals surface area contributed by atoms with Crippen molar-refractivity contribution >= 4 is 12.1 Å². The molecule has 0 heterocycles. The Morgan fingerprint density at radius 1 is 1.23 bits per heavy atom. The van der Waals surface area contributed by atoms with Gasteiger partial charge in [-0.2, -0.15) is 5.10 Å². The molecule has 2 aromatic rings. The first-order valence-electron chi connectivity index (χ1n) is 8.02. The van der Waals surface area contributed by atoms with E-state index in [4.69, 9.17) is 15.9 Å². The minimum Gasteiger partial charge on any atom is -0.490 e. The molecule has 1 N–H and O–H groups in total. The Hall–Kier alpha value is -3.33. The van der Waals surface area contributed by atoms with Crippen LogP contribution in [0.2, 0.25) is 0 Å². The number of hydrogen-bond acceptors (Lipinski definition) is 4. The predicted octanol–water partition coefficient (Wildman–Crippen LogP) is 2.93. The second kappa shape index (κ2) is 9.84. The average Bonchev–Trinajstić information content (AvgIpc) is 2.63. The second-order valence-corrected chi connectivity index (χ2v) is 5.23. The van der Waals surface area contributed by atoms with Gasteiger partial charge in [-0.05, 0) is 48.4 Å². The van der Waals surface area contributed by atoms with Gasteiger partial charge in [0.15, 0.2) is 11.5 Å². The zero-order valence-electron chi connectivity index (χ0n) is 14.4. The number of rotatable bonds is 8. The van der Waals surface area contributed by atoms with Gasteiger partial charge in [-0.1, -0.05) is 18.1 Å². The van der Waals surface area contributed by atoms with Crippen LogP contribution in [0.15, 0.2) is 47.6 Å². The monoisotopic (exact) mass is 354 g/mol. The summed E-state index contributed by atoms with van der Waals surface area (Å²) >= 11 is 0. The molecule has 6 heteroatoms. The molecule has 26 heavy (non-hydrogen) atoms. The minimum absolute atomic E-state index is 0.112. The fraction of sp³-hybridized carbons (Fsp3) is 0.200. The molecule has 0 atom stereocenters. The lowest BCUT2D eigenvalue weighted by molar-refractivity contribution is -0.120. The fourth-order valence-electron chi connectivity index (χ4n) is 2.12. The number of terminal acetylenes is 1. The smallest absolute Gasteiger partial charge is 0.244 e. The van der Waals surface area contributed by atoms with Crippen molar-refractivity contribution in [2.75, 3.05) is 13.2 Å². The van der Waals surface area contributed by atoms with E-state index in [-0.39, 0.29) is 24.8 Å². The highest BCUT2D eigenvalue weighted by atomic mass is 19.1. The largest absolute Gasteiger partial charge is 0.490 e. The summed E-state index contributed by atoms with van der Waals surface area (Å²) in [6.07, 6.45) is 6.80. The average molecular weight is 354 g/mol. The van der Waals surface area contributed by atoms with Gasteiger partial charge in [0, 0.05) is 0 Å². The highest BCUT2D eigenvalue weighted by Crippen LogP contribution is 2.27. The number of benzene rings is 2. The van der Waals surface area contributed by atoms with Crippen molar-refractivity contribution < 1.29 is 18.7 Å². The Morgan fingerprint density at radius 2 is 2.00 bits per heavy atom. The van der Waals surface area contributed by atoms with E-state index in [1.165, 1.54) is 18.3 Å². The van der Waals surface area contributed by atoms with Crippen LogP contribution in [0.4, 0.5) is 4.39 Å². The zero-order valence-corrected chi connectivity index (χ0v) is 14.4. The van der Waals surface area contributed by atoms with Gasteiger partial charge >= 0.3 is 0 Å². The van der Waals surface area contributed by atoms with Crippen molar-refractivity contribution in [3.63, 3.8) is 0 Å². The van der Waals surface area contributed by atoms with E-state index in [2.05, 4.69) is 16.4 Å².